The van der Waals surface area contributed by atoms with Crippen LogP contribution in [0.25, 0.3) is 0 Å². The molecule has 122 valence electrons. The number of amides is 1. The molecule has 0 aliphatic rings. The average molecular weight is 314 g/mol. The van der Waals surface area contributed by atoms with Gasteiger partial charge in [-0.15, -0.1) is 0 Å². The molecule has 0 aliphatic carbocycles. The molecule has 3 N–H and O–H groups in total. The van der Waals surface area contributed by atoms with Gasteiger partial charge in [-0.2, -0.15) is 0 Å². The number of aromatic nitrogens is 2. The van der Waals surface area contributed by atoms with Gasteiger partial charge in [-0.05, 0) is 30.5 Å². The van der Waals surface area contributed by atoms with Gasteiger partial charge in [-0.25, -0.2) is 4.98 Å². The molecule has 0 aliphatic heterocycles. The van der Waals surface area contributed by atoms with Crippen molar-refractivity contribution < 1.29 is 4.79 Å². The Morgan fingerprint density at radius 2 is 2.04 bits per heavy atom. The first-order valence-electron chi connectivity index (χ1n) is 7.66. The molecule has 0 fully saturated rings. The van der Waals surface area contributed by atoms with Crippen LogP contribution in [-0.2, 0) is 0 Å². The minimum absolute atomic E-state index is 0.0685. The number of pyridine rings is 2. The van der Waals surface area contributed by atoms with Crippen LogP contribution >= 0.6 is 0 Å². The highest BCUT2D eigenvalue weighted by Crippen LogP contribution is 2.15. The van der Waals surface area contributed by atoms with Gasteiger partial charge in [0.25, 0.3) is 5.91 Å². The third-order valence-electron chi connectivity index (χ3n) is 3.48. The molecule has 23 heavy (non-hydrogen) atoms. The van der Waals surface area contributed by atoms with E-state index in [1.165, 1.54) is 6.07 Å². The van der Waals surface area contributed by atoms with E-state index in [2.05, 4.69) is 20.6 Å². The maximum absolute atomic E-state index is 12.3. The Kier molecular flexibility index (Phi) is 5.51. The van der Waals surface area contributed by atoms with E-state index in [0.29, 0.717) is 24.3 Å². The molecule has 0 atom stereocenters. The minimum atomic E-state index is -0.197. The lowest BCUT2D eigenvalue weighted by Crippen LogP contribution is -2.30. The zero-order valence-electron chi connectivity index (χ0n) is 13.6. The molecule has 2 heterocycles. The molecule has 0 aromatic carbocycles. The average Bonchev–Trinajstić information content (AvgIpc) is 2.52. The fourth-order valence-electron chi connectivity index (χ4n) is 2.27. The Morgan fingerprint density at radius 1 is 1.26 bits per heavy atom. The number of H-pyrrole nitrogens is 1. The van der Waals surface area contributed by atoms with Crippen LogP contribution < -0.4 is 16.2 Å². The summed E-state index contributed by atoms with van der Waals surface area (Å²) in [6.45, 7) is 6.89. The highest BCUT2D eigenvalue weighted by molar-refractivity contribution is 5.95. The van der Waals surface area contributed by atoms with Gasteiger partial charge >= 0.3 is 0 Å². The van der Waals surface area contributed by atoms with Crippen molar-refractivity contribution in [3.05, 3.63) is 57.6 Å². The molecule has 6 heteroatoms. The first-order valence-corrected chi connectivity index (χ1v) is 7.66. The van der Waals surface area contributed by atoms with Crippen molar-refractivity contribution in [3.8, 4) is 0 Å². The number of rotatable bonds is 6. The minimum Gasteiger partial charge on any atom is -0.368 e. The van der Waals surface area contributed by atoms with Crippen LogP contribution in [0.15, 0.2) is 35.3 Å². The maximum Gasteiger partial charge on any atom is 0.253 e. The van der Waals surface area contributed by atoms with E-state index < -0.39 is 0 Å². The summed E-state index contributed by atoms with van der Waals surface area (Å²) in [5.74, 6) is 0.692. The lowest BCUT2D eigenvalue weighted by Gasteiger charge is -2.13. The standard InChI is InChI=1S/C17H22N4O2/c1-11(2)15-13(6-7-14(22)21-15)17(23)20-10-9-19-16-12(3)5-4-8-18-16/h4-8,11H,9-10H2,1-3H3,(H,18,19)(H,20,23)(H,21,22). The van der Waals surface area contributed by atoms with Gasteiger partial charge in [-0.1, -0.05) is 19.9 Å². The van der Waals surface area contributed by atoms with Crippen molar-refractivity contribution in [2.24, 2.45) is 0 Å². The second-order valence-electron chi connectivity index (χ2n) is 5.66. The normalized spacial score (nSPS) is 10.6. The van der Waals surface area contributed by atoms with E-state index in [1.54, 1.807) is 12.3 Å². The SMILES string of the molecule is Cc1cccnc1NCCNC(=O)c1ccc(=O)[nH]c1C(C)C. The molecule has 0 saturated carbocycles. The number of nitrogens with one attached hydrogen (secondary N) is 3. The van der Waals surface area contributed by atoms with Crippen molar-refractivity contribution in [3.63, 3.8) is 0 Å². The largest absolute Gasteiger partial charge is 0.368 e. The van der Waals surface area contributed by atoms with E-state index in [1.807, 2.05) is 32.9 Å². The number of nitrogens with zero attached hydrogens (tertiary/aromatic N) is 1. The van der Waals surface area contributed by atoms with Crippen LogP contribution in [-0.4, -0.2) is 29.0 Å². The number of aryl methyl sites for hydroxylation is 1. The number of anilines is 1. The predicted molar refractivity (Wildman–Crippen MR) is 90.9 cm³/mol. The second kappa shape index (κ2) is 7.58. The summed E-state index contributed by atoms with van der Waals surface area (Å²) in [4.78, 5) is 30.7. The van der Waals surface area contributed by atoms with Crippen LogP contribution in [0.1, 0.15) is 41.4 Å². The summed E-state index contributed by atoms with van der Waals surface area (Å²) in [6, 6.07) is 6.80. The molecule has 1 amide bonds. The Hall–Kier alpha value is -2.63. The highest BCUT2D eigenvalue weighted by Gasteiger charge is 2.14. The molecule has 0 bridgehead atoms. The van der Waals surface area contributed by atoms with Crippen LogP contribution in [0, 0.1) is 6.92 Å². The molecule has 2 aromatic heterocycles. The Balaban J connectivity index is 1.93. The molecule has 2 rings (SSSR count). The second-order valence-corrected chi connectivity index (χ2v) is 5.66. The fraction of sp³-hybridized carbons (Fsp3) is 0.353. The van der Waals surface area contributed by atoms with E-state index in [-0.39, 0.29) is 17.4 Å². The summed E-state index contributed by atoms with van der Waals surface area (Å²) < 4.78 is 0. The van der Waals surface area contributed by atoms with E-state index in [9.17, 15) is 9.59 Å². The highest BCUT2D eigenvalue weighted by atomic mass is 16.1. The molecule has 6 nitrogen and oxygen atoms in total. The summed E-state index contributed by atoms with van der Waals surface area (Å²) in [6.07, 6.45) is 1.73. The molecule has 0 saturated heterocycles. The number of carbonyl (C=O) groups is 1. The molecular formula is C17H22N4O2. The van der Waals surface area contributed by atoms with Crippen molar-refractivity contribution in [1.29, 1.82) is 0 Å². The molecule has 2 aromatic rings. The molecule has 0 unspecified atom stereocenters. The number of carbonyl (C=O) groups excluding carboxylic acids is 1. The third-order valence-corrected chi connectivity index (χ3v) is 3.48. The predicted octanol–water partition coefficient (Wildman–Crippen LogP) is 2.04. The van der Waals surface area contributed by atoms with Crippen molar-refractivity contribution >= 4 is 11.7 Å². The topological polar surface area (TPSA) is 86.9 Å². The van der Waals surface area contributed by atoms with Gasteiger partial charge in [0.05, 0.1) is 5.56 Å². The lowest BCUT2D eigenvalue weighted by molar-refractivity contribution is 0.0953. The van der Waals surface area contributed by atoms with Gasteiger partial charge in [0.2, 0.25) is 5.56 Å². The van der Waals surface area contributed by atoms with E-state index in [4.69, 9.17) is 0 Å². The smallest absolute Gasteiger partial charge is 0.253 e. The van der Waals surface area contributed by atoms with Gasteiger partial charge in [-0.3, -0.25) is 9.59 Å². The maximum atomic E-state index is 12.3. The van der Waals surface area contributed by atoms with Crippen molar-refractivity contribution in [2.75, 3.05) is 18.4 Å². The molecule has 0 radical (unpaired) electrons. The number of aromatic amines is 1. The summed E-state index contributed by atoms with van der Waals surface area (Å²) in [5, 5.41) is 6.03. The number of hydrogen-bond acceptors (Lipinski definition) is 4. The fourth-order valence-corrected chi connectivity index (χ4v) is 2.27. The van der Waals surface area contributed by atoms with Crippen LogP contribution in [0.4, 0.5) is 5.82 Å². The third kappa shape index (κ3) is 4.42. The first-order chi connectivity index (χ1) is 11.0. The summed E-state index contributed by atoms with van der Waals surface area (Å²) >= 11 is 0. The van der Waals surface area contributed by atoms with Gasteiger partial charge in [0.15, 0.2) is 0 Å². The molecule has 0 spiro atoms. The zero-order chi connectivity index (χ0) is 16.8. The monoisotopic (exact) mass is 314 g/mol. The van der Waals surface area contributed by atoms with Crippen molar-refractivity contribution in [1.82, 2.24) is 15.3 Å². The summed E-state index contributed by atoms with van der Waals surface area (Å²) in [5.41, 5.74) is 2.02. The van der Waals surface area contributed by atoms with Gasteiger partial charge in [0, 0.05) is 31.0 Å². The number of hydrogen-bond donors (Lipinski definition) is 3. The van der Waals surface area contributed by atoms with Crippen molar-refractivity contribution in [2.45, 2.75) is 26.7 Å². The van der Waals surface area contributed by atoms with Crippen LogP contribution in [0.3, 0.4) is 0 Å². The van der Waals surface area contributed by atoms with Gasteiger partial charge < -0.3 is 15.6 Å². The Bertz CT molecular complexity index is 737. The van der Waals surface area contributed by atoms with Crippen LogP contribution in [0.2, 0.25) is 0 Å². The first kappa shape index (κ1) is 16.7. The van der Waals surface area contributed by atoms with E-state index >= 15 is 0 Å². The van der Waals surface area contributed by atoms with E-state index in [0.717, 1.165) is 11.4 Å². The Labute approximate surface area is 135 Å². The molecular weight excluding hydrogens is 292 g/mol. The Morgan fingerprint density at radius 3 is 2.74 bits per heavy atom. The lowest BCUT2D eigenvalue weighted by atomic mass is 10.0. The quantitative estimate of drug-likeness (QED) is 0.712. The van der Waals surface area contributed by atoms with Gasteiger partial charge in [0.1, 0.15) is 5.82 Å². The summed E-state index contributed by atoms with van der Waals surface area (Å²) in [7, 11) is 0. The van der Waals surface area contributed by atoms with Crippen LogP contribution in [0.5, 0.6) is 0 Å². The zero-order valence-corrected chi connectivity index (χ0v) is 13.6.